The molecule has 1 aromatic carbocycles. The first-order valence-corrected chi connectivity index (χ1v) is 6.53. The molecule has 2 aromatic rings. The van der Waals surface area contributed by atoms with Gasteiger partial charge in [0.05, 0.1) is 12.2 Å². The summed E-state index contributed by atoms with van der Waals surface area (Å²) in [4.78, 5) is 0. The van der Waals surface area contributed by atoms with Crippen LogP contribution in [-0.2, 0) is 6.54 Å². The Morgan fingerprint density at radius 3 is 3.18 bits per heavy atom. The second-order valence-corrected chi connectivity index (χ2v) is 4.93. The molecule has 1 aliphatic heterocycles. The number of nitrogens with zero attached hydrogens (tertiary/aromatic N) is 2. The number of nitrogens with one attached hydrogen (secondary N) is 2. The molecular weight excluding hydrogens is 232 g/mol. The van der Waals surface area contributed by atoms with Gasteiger partial charge in [0.1, 0.15) is 5.00 Å². The van der Waals surface area contributed by atoms with Crippen molar-refractivity contribution in [1.82, 2.24) is 14.9 Å². The van der Waals surface area contributed by atoms with Gasteiger partial charge in [-0.05, 0) is 24.1 Å². The Morgan fingerprint density at radius 2 is 2.29 bits per heavy atom. The van der Waals surface area contributed by atoms with Crippen molar-refractivity contribution in [2.24, 2.45) is 0 Å². The molecule has 0 amide bonds. The van der Waals surface area contributed by atoms with Gasteiger partial charge in [0.15, 0.2) is 0 Å². The van der Waals surface area contributed by atoms with Crippen LogP contribution < -0.4 is 10.6 Å². The maximum atomic E-state index is 3.88. The summed E-state index contributed by atoms with van der Waals surface area (Å²) in [6.45, 7) is 1.98. The summed E-state index contributed by atoms with van der Waals surface area (Å²) in [6.07, 6.45) is 2.86. The predicted octanol–water partition coefficient (Wildman–Crippen LogP) is 2.18. The van der Waals surface area contributed by atoms with Gasteiger partial charge in [-0.3, -0.25) is 0 Å². The van der Waals surface area contributed by atoms with Crippen molar-refractivity contribution >= 4 is 16.5 Å². The average Bonchev–Trinajstić information content (AvgIpc) is 2.78. The third-order valence-electron chi connectivity index (χ3n) is 3.03. The summed E-state index contributed by atoms with van der Waals surface area (Å²) in [5.41, 5.74) is 2.76. The zero-order valence-corrected chi connectivity index (χ0v) is 10.2. The predicted molar refractivity (Wildman–Crippen MR) is 69.0 cm³/mol. The number of benzene rings is 1. The Morgan fingerprint density at radius 1 is 1.35 bits per heavy atom. The number of rotatable bonds is 2. The van der Waals surface area contributed by atoms with Gasteiger partial charge in [-0.2, -0.15) is 0 Å². The fraction of sp³-hybridized carbons (Fsp3) is 0.333. The second-order valence-electron chi connectivity index (χ2n) is 4.14. The van der Waals surface area contributed by atoms with E-state index in [1.54, 1.807) is 6.20 Å². The Bertz CT molecular complexity index is 483. The van der Waals surface area contributed by atoms with E-state index in [0.717, 1.165) is 24.5 Å². The fourth-order valence-electron chi connectivity index (χ4n) is 2.21. The van der Waals surface area contributed by atoms with Crippen LogP contribution in [0, 0.1) is 0 Å². The first-order valence-electron chi connectivity index (χ1n) is 5.76. The van der Waals surface area contributed by atoms with Gasteiger partial charge in [0, 0.05) is 18.1 Å². The zero-order chi connectivity index (χ0) is 11.5. The van der Waals surface area contributed by atoms with Crippen LogP contribution >= 0.6 is 11.5 Å². The third-order valence-corrected chi connectivity index (χ3v) is 3.63. The number of hydrogen-bond acceptors (Lipinski definition) is 5. The first kappa shape index (κ1) is 10.7. The molecule has 1 aliphatic rings. The topological polar surface area (TPSA) is 49.8 Å². The maximum Gasteiger partial charge on any atom is 0.130 e. The normalized spacial score (nSPS) is 19.4. The van der Waals surface area contributed by atoms with E-state index in [0.29, 0.717) is 6.04 Å². The summed E-state index contributed by atoms with van der Waals surface area (Å²) in [7, 11) is 0. The molecule has 0 saturated carbocycles. The summed E-state index contributed by atoms with van der Waals surface area (Å²) in [5.74, 6) is 0. The third kappa shape index (κ3) is 2.30. The van der Waals surface area contributed by atoms with E-state index >= 15 is 0 Å². The van der Waals surface area contributed by atoms with E-state index in [9.17, 15) is 0 Å². The van der Waals surface area contributed by atoms with Crippen LogP contribution in [0.15, 0.2) is 30.5 Å². The lowest BCUT2D eigenvalue weighted by molar-refractivity contribution is 0.638. The molecule has 5 heteroatoms. The van der Waals surface area contributed by atoms with E-state index in [4.69, 9.17) is 0 Å². The number of hydrogen-bond donors (Lipinski definition) is 2. The minimum Gasteiger partial charge on any atom is -0.367 e. The van der Waals surface area contributed by atoms with E-state index in [-0.39, 0.29) is 0 Å². The molecule has 2 heterocycles. The molecule has 88 valence electrons. The maximum absolute atomic E-state index is 3.88. The monoisotopic (exact) mass is 246 g/mol. The molecule has 4 nitrogen and oxygen atoms in total. The number of aromatic nitrogens is 2. The summed E-state index contributed by atoms with van der Waals surface area (Å²) < 4.78 is 3.88. The van der Waals surface area contributed by atoms with Crippen LogP contribution in [0.5, 0.6) is 0 Å². The van der Waals surface area contributed by atoms with Crippen molar-refractivity contribution in [3.8, 4) is 0 Å². The van der Waals surface area contributed by atoms with Crippen molar-refractivity contribution in [2.75, 3.05) is 11.9 Å². The molecule has 0 fully saturated rings. The Kier molecular flexibility index (Phi) is 3.02. The highest BCUT2D eigenvalue weighted by Crippen LogP contribution is 2.27. The van der Waals surface area contributed by atoms with E-state index in [1.807, 2.05) is 0 Å². The minimum atomic E-state index is 0.350. The van der Waals surface area contributed by atoms with Gasteiger partial charge < -0.3 is 10.6 Å². The minimum absolute atomic E-state index is 0.350. The number of fused-ring (bicyclic) bond motifs is 1. The molecule has 0 radical (unpaired) electrons. The SMILES string of the molecule is c1ccc2c(c1)CNCCC2Nc1cnns1. The van der Waals surface area contributed by atoms with Crippen LogP contribution in [0.1, 0.15) is 23.6 Å². The molecule has 0 saturated heterocycles. The van der Waals surface area contributed by atoms with Crippen LogP contribution in [0.3, 0.4) is 0 Å². The first-order chi connectivity index (χ1) is 8.43. The largest absolute Gasteiger partial charge is 0.367 e. The quantitative estimate of drug-likeness (QED) is 0.853. The molecule has 2 N–H and O–H groups in total. The van der Waals surface area contributed by atoms with Crippen molar-refractivity contribution < 1.29 is 0 Å². The van der Waals surface area contributed by atoms with Gasteiger partial charge in [-0.1, -0.05) is 28.8 Å². The number of anilines is 1. The highest BCUT2D eigenvalue weighted by atomic mass is 32.1. The van der Waals surface area contributed by atoms with E-state index < -0.39 is 0 Å². The lowest BCUT2D eigenvalue weighted by atomic mass is 9.99. The Labute approximate surface area is 104 Å². The molecule has 1 atom stereocenters. The summed E-state index contributed by atoms with van der Waals surface area (Å²) >= 11 is 1.41. The molecule has 0 spiro atoms. The molecule has 17 heavy (non-hydrogen) atoms. The highest BCUT2D eigenvalue weighted by molar-refractivity contribution is 7.09. The van der Waals surface area contributed by atoms with Crippen molar-refractivity contribution in [1.29, 1.82) is 0 Å². The molecule has 0 aliphatic carbocycles. The highest BCUT2D eigenvalue weighted by Gasteiger charge is 2.18. The Balaban J connectivity index is 1.89. The van der Waals surface area contributed by atoms with Gasteiger partial charge in [0.25, 0.3) is 0 Å². The fourth-order valence-corrected chi connectivity index (χ4v) is 2.68. The van der Waals surface area contributed by atoms with Gasteiger partial charge >= 0.3 is 0 Å². The van der Waals surface area contributed by atoms with E-state index in [1.165, 1.54) is 22.7 Å². The smallest absolute Gasteiger partial charge is 0.130 e. The zero-order valence-electron chi connectivity index (χ0n) is 9.39. The molecule has 0 bridgehead atoms. The lowest BCUT2D eigenvalue weighted by Gasteiger charge is -2.18. The van der Waals surface area contributed by atoms with E-state index in [2.05, 4.69) is 44.5 Å². The molecule has 1 unspecified atom stereocenters. The molecule has 1 aromatic heterocycles. The molecular formula is C12H14N4S. The summed E-state index contributed by atoms with van der Waals surface area (Å²) in [5, 5.41) is 11.8. The lowest BCUT2D eigenvalue weighted by Crippen LogP contribution is -2.14. The van der Waals surface area contributed by atoms with Crippen molar-refractivity contribution in [3.63, 3.8) is 0 Å². The van der Waals surface area contributed by atoms with Gasteiger partial charge in [-0.15, -0.1) is 5.10 Å². The van der Waals surface area contributed by atoms with Gasteiger partial charge in [0.2, 0.25) is 0 Å². The van der Waals surface area contributed by atoms with Crippen LogP contribution in [0.2, 0.25) is 0 Å². The molecule has 3 rings (SSSR count). The van der Waals surface area contributed by atoms with Crippen molar-refractivity contribution in [2.45, 2.75) is 19.0 Å². The van der Waals surface area contributed by atoms with Crippen LogP contribution in [0.25, 0.3) is 0 Å². The van der Waals surface area contributed by atoms with Crippen LogP contribution in [0.4, 0.5) is 5.00 Å². The van der Waals surface area contributed by atoms with Crippen LogP contribution in [-0.4, -0.2) is 16.1 Å². The van der Waals surface area contributed by atoms with Crippen molar-refractivity contribution in [3.05, 3.63) is 41.6 Å². The Hall–Kier alpha value is -1.46. The second kappa shape index (κ2) is 4.81. The summed E-state index contributed by atoms with van der Waals surface area (Å²) in [6, 6.07) is 8.94. The standard InChI is InChI=1S/C12H14N4S/c1-2-4-10-9(3-1)7-13-6-5-11(10)15-12-8-14-16-17-12/h1-4,8,11,13,15H,5-7H2. The average molecular weight is 246 g/mol. The van der Waals surface area contributed by atoms with Gasteiger partial charge in [-0.25, -0.2) is 0 Å².